The number of hydrogen-bond donors (Lipinski definition) is 0. The Morgan fingerprint density at radius 1 is 0.958 bits per heavy atom. The minimum absolute atomic E-state index is 0.422. The summed E-state index contributed by atoms with van der Waals surface area (Å²) >= 11 is 0. The van der Waals surface area contributed by atoms with Crippen LogP contribution in [0.3, 0.4) is 0 Å². The van der Waals surface area contributed by atoms with Crippen molar-refractivity contribution in [1.29, 1.82) is 0 Å². The van der Waals surface area contributed by atoms with Crippen molar-refractivity contribution < 1.29 is 23.7 Å². The Hall–Kier alpha value is -2.17. The van der Waals surface area contributed by atoms with Gasteiger partial charge in [-0.2, -0.15) is 0 Å². The monoisotopic (exact) mass is 336 g/mol. The van der Waals surface area contributed by atoms with E-state index in [1.165, 1.54) is 6.08 Å². The van der Waals surface area contributed by atoms with Crippen LogP contribution in [0.15, 0.2) is 18.2 Å². The Kier molecular flexibility index (Phi) is 7.62. The molecule has 0 saturated heterocycles. The van der Waals surface area contributed by atoms with Crippen LogP contribution in [-0.2, 0) is 9.53 Å². The first kappa shape index (κ1) is 19.9. The number of rotatable bonds is 8. The van der Waals surface area contributed by atoms with Gasteiger partial charge in [0, 0.05) is 6.08 Å². The Balaban J connectivity index is 3.24. The normalized spacial score (nSPS) is 11.4. The topological polar surface area (TPSA) is 54.0 Å². The summed E-state index contributed by atoms with van der Waals surface area (Å²) in [5.41, 5.74) is 0.121. The summed E-state index contributed by atoms with van der Waals surface area (Å²) in [6.07, 6.45) is 3.02. The zero-order valence-corrected chi connectivity index (χ0v) is 15.5. The van der Waals surface area contributed by atoms with Gasteiger partial charge in [0.05, 0.1) is 25.4 Å². The molecule has 24 heavy (non-hydrogen) atoms. The Morgan fingerprint density at radius 3 is 2.04 bits per heavy atom. The zero-order chi connectivity index (χ0) is 18.2. The van der Waals surface area contributed by atoms with Gasteiger partial charge in [-0.05, 0) is 59.8 Å². The fourth-order valence-corrected chi connectivity index (χ4v) is 2.05. The fraction of sp³-hybridized carbons (Fsp3) is 0.526. The quantitative estimate of drug-likeness (QED) is 0.525. The standard InChI is InChI=1S/C19H28O5/c1-7-21-15-11-12-16(22-8-2)18(23-9-3)14(15)10-13-17(20)24-19(4,5)6/h10-13H,7-9H2,1-6H3. The summed E-state index contributed by atoms with van der Waals surface area (Å²) in [6, 6.07) is 3.62. The number of esters is 1. The molecule has 1 aromatic rings. The molecular weight excluding hydrogens is 308 g/mol. The van der Waals surface area contributed by atoms with Gasteiger partial charge < -0.3 is 18.9 Å². The lowest BCUT2D eigenvalue weighted by molar-refractivity contribution is -0.148. The maximum atomic E-state index is 12.0. The molecule has 0 aliphatic carbocycles. The lowest BCUT2D eigenvalue weighted by Gasteiger charge is -2.18. The minimum Gasteiger partial charge on any atom is -0.493 e. The Morgan fingerprint density at radius 2 is 1.50 bits per heavy atom. The summed E-state index contributed by atoms with van der Waals surface area (Å²) in [5, 5.41) is 0. The predicted molar refractivity (Wildman–Crippen MR) is 94.8 cm³/mol. The molecule has 0 fully saturated rings. The number of ether oxygens (including phenoxy) is 4. The molecular formula is C19H28O5. The fourth-order valence-electron chi connectivity index (χ4n) is 2.05. The molecule has 0 aliphatic heterocycles. The first-order valence-electron chi connectivity index (χ1n) is 8.28. The summed E-state index contributed by atoms with van der Waals surface area (Å²) in [4.78, 5) is 12.0. The van der Waals surface area contributed by atoms with Crippen molar-refractivity contribution in [3.05, 3.63) is 23.8 Å². The maximum Gasteiger partial charge on any atom is 0.331 e. The molecule has 0 saturated carbocycles. The van der Waals surface area contributed by atoms with E-state index in [1.807, 2.05) is 53.7 Å². The van der Waals surface area contributed by atoms with Gasteiger partial charge in [-0.25, -0.2) is 4.79 Å². The largest absolute Gasteiger partial charge is 0.493 e. The highest BCUT2D eigenvalue weighted by atomic mass is 16.6. The van der Waals surface area contributed by atoms with Gasteiger partial charge in [0.1, 0.15) is 11.4 Å². The molecule has 0 spiro atoms. The average Bonchev–Trinajstić information content (AvgIpc) is 2.48. The number of benzene rings is 1. The van der Waals surface area contributed by atoms with Crippen LogP contribution in [0.4, 0.5) is 0 Å². The van der Waals surface area contributed by atoms with Gasteiger partial charge in [-0.1, -0.05) is 0 Å². The molecule has 5 nitrogen and oxygen atoms in total. The van der Waals surface area contributed by atoms with Gasteiger partial charge >= 0.3 is 5.97 Å². The minimum atomic E-state index is -0.542. The van der Waals surface area contributed by atoms with Gasteiger partial charge in [-0.3, -0.25) is 0 Å². The molecule has 1 rings (SSSR count). The van der Waals surface area contributed by atoms with Crippen LogP contribution in [0.5, 0.6) is 17.2 Å². The van der Waals surface area contributed by atoms with Gasteiger partial charge in [-0.15, -0.1) is 0 Å². The van der Waals surface area contributed by atoms with Crippen molar-refractivity contribution >= 4 is 12.0 Å². The van der Waals surface area contributed by atoms with Crippen molar-refractivity contribution in [3.63, 3.8) is 0 Å². The van der Waals surface area contributed by atoms with Gasteiger partial charge in [0.25, 0.3) is 0 Å². The molecule has 0 aromatic heterocycles. The molecule has 0 radical (unpaired) electrons. The zero-order valence-electron chi connectivity index (χ0n) is 15.5. The second-order valence-electron chi connectivity index (χ2n) is 5.97. The van der Waals surface area contributed by atoms with Crippen LogP contribution in [0.1, 0.15) is 47.1 Å². The van der Waals surface area contributed by atoms with Crippen molar-refractivity contribution in [2.24, 2.45) is 0 Å². The highest BCUT2D eigenvalue weighted by Gasteiger charge is 2.17. The molecule has 1 aromatic carbocycles. The Bertz CT molecular complexity index is 570. The van der Waals surface area contributed by atoms with Crippen LogP contribution in [-0.4, -0.2) is 31.4 Å². The van der Waals surface area contributed by atoms with E-state index in [-0.39, 0.29) is 0 Å². The molecule has 0 atom stereocenters. The van der Waals surface area contributed by atoms with E-state index in [1.54, 1.807) is 6.08 Å². The third-order valence-corrected chi connectivity index (χ3v) is 2.80. The van der Waals surface area contributed by atoms with E-state index < -0.39 is 11.6 Å². The van der Waals surface area contributed by atoms with E-state index in [9.17, 15) is 4.79 Å². The van der Waals surface area contributed by atoms with E-state index in [0.717, 1.165) is 0 Å². The Labute approximate surface area is 144 Å². The molecule has 0 N–H and O–H groups in total. The number of carbonyl (C=O) groups is 1. The van der Waals surface area contributed by atoms with E-state index >= 15 is 0 Å². The third-order valence-electron chi connectivity index (χ3n) is 2.80. The molecule has 0 bridgehead atoms. The summed E-state index contributed by atoms with van der Waals surface area (Å²) in [7, 11) is 0. The summed E-state index contributed by atoms with van der Waals surface area (Å²) in [6.45, 7) is 12.7. The van der Waals surface area contributed by atoms with Gasteiger partial charge in [0.15, 0.2) is 11.5 Å². The lowest BCUT2D eigenvalue weighted by Crippen LogP contribution is -2.22. The van der Waals surface area contributed by atoms with Crippen LogP contribution < -0.4 is 14.2 Å². The van der Waals surface area contributed by atoms with E-state index in [4.69, 9.17) is 18.9 Å². The number of carbonyl (C=O) groups excluding carboxylic acids is 1. The van der Waals surface area contributed by atoms with E-state index in [2.05, 4.69) is 0 Å². The second kappa shape index (κ2) is 9.21. The first-order valence-corrected chi connectivity index (χ1v) is 8.28. The van der Waals surface area contributed by atoms with Crippen LogP contribution >= 0.6 is 0 Å². The second-order valence-corrected chi connectivity index (χ2v) is 5.97. The first-order chi connectivity index (χ1) is 11.3. The van der Waals surface area contributed by atoms with Crippen molar-refractivity contribution in [2.45, 2.75) is 47.1 Å². The molecule has 0 aliphatic rings. The molecule has 134 valence electrons. The lowest BCUT2D eigenvalue weighted by atomic mass is 10.1. The molecule has 5 heteroatoms. The SMILES string of the molecule is CCOc1ccc(OCC)c(OCC)c1C=CC(=O)OC(C)(C)C. The van der Waals surface area contributed by atoms with Crippen LogP contribution in [0.2, 0.25) is 0 Å². The van der Waals surface area contributed by atoms with Crippen LogP contribution in [0.25, 0.3) is 6.08 Å². The van der Waals surface area contributed by atoms with Crippen molar-refractivity contribution in [2.75, 3.05) is 19.8 Å². The average molecular weight is 336 g/mol. The molecule has 0 unspecified atom stereocenters. The number of hydrogen-bond acceptors (Lipinski definition) is 5. The maximum absolute atomic E-state index is 12.0. The van der Waals surface area contributed by atoms with E-state index in [0.29, 0.717) is 42.6 Å². The summed E-state index contributed by atoms with van der Waals surface area (Å²) < 4.78 is 22.3. The highest BCUT2D eigenvalue weighted by molar-refractivity contribution is 5.89. The molecule has 0 amide bonds. The smallest absolute Gasteiger partial charge is 0.331 e. The predicted octanol–water partition coefficient (Wildman–Crippen LogP) is 4.24. The summed E-state index contributed by atoms with van der Waals surface area (Å²) in [5.74, 6) is 1.38. The van der Waals surface area contributed by atoms with Crippen LogP contribution in [0, 0.1) is 0 Å². The third kappa shape index (κ3) is 6.14. The van der Waals surface area contributed by atoms with Gasteiger partial charge in [0.2, 0.25) is 0 Å². The highest BCUT2D eigenvalue weighted by Crippen LogP contribution is 2.39. The van der Waals surface area contributed by atoms with Crippen molar-refractivity contribution in [3.8, 4) is 17.2 Å². The molecule has 0 heterocycles. The van der Waals surface area contributed by atoms with Crippen molar-refractivity contribution in [1.82, 2.24) is 0 Å².